The van der Waals surface area contributed by atoms with Crippen molar-refractivity contribution in [1.29, 1.82) is 0 Å². The number of hydrogen-bond acceptors (Lipinski definition) is 5. The van der Waals surface area contributed by atoms with Crippen molar-refractivity contribution in [3.05, 3.63) is 78.1 Å². The first kappa shape index (κ1) is 22.5. The largest absolute Gasteiger partial charge is 0.424 e. The number of carbonyl (C=O) groups is 2. The number of nitrogens with zero attached hydrogens (tertiary/aromatic N) is 3. The summed E-state index contributed by atoms with van der Waals surface area (Å²) in [5.41, 5.74) is 2.82. The van der Waals surface area contributed by atoms with Crippen LogP contribution in [0.25, 0.3) is 0 Å². The second-order valence-corrected chi connectivity index (χ2v) is 8.24. The van der Waals surface area contributed by atoms with Crippen LogP contribution in [0.15, 0.2) is 67.0 Å². The molecule has 7 heteroatoms. The van der Waals surface area contributed by atoms with Crippen molar-refractivity contribution < 1.29 is 14.3 Å². The second kappa shape index (κ2) is 10.7. The van der Waals surface area contributed by atoms with E-state index in [0.717, 1.165) is 17.7 Å². The van der Waals surface area contributed by atoms with Crippen LogP contribution >= 0.6 is 0 Å². The summed E-state index contributed by atoms with van der Waals surface area (Å²) in [6, 6.07) is 17.5. The summed E-state index contributed by atoms with van der Waals surface area (Å²) < 4.78 is 5.65. The molecule has 3 aromatic rings. The van der Waals surface area contributed by atoms with Crippen molar-refractivity contribution in [2.75, 3.05) is 18.4 Å². The maximum Gasteiger partial charge on any atom is 0.321 e. The topological polar surface area (TPSA) is 84.4 Å². The SMILES string of the molecule is Cc1cc(Oc2ncccn2)ccc1NC(=O)C1CCN(C(=O)CCc2ccccc2)CC1. The van der Waals surface area contributed by atoms with Gasteiger partial charge in [-0.1, -0.05) is 30.3 Å². The van der Waals surface area contributed by atoms with Gasteiger partial charge >= 0.3 is 6.01 Å². The van der Waals surface area contributed by atoms with Gasteiger partial charge in [0.2, 0.25) is 11.8 Å². The van der Waals surface area contributed by atoms with Gasteiger partial charge in [0.1, 0.15) is 5.75 Å². The number of anilines is 1. The Bertz CT molecular complexity index is 1080. The summed E-state index contributed by atoms with van der Waals surface area (Å²) in [7, 11) is 0. The van der Waals surface area contributed by atoms with Crippen molar-refractivity contribution >= 4 is 17.5 Å². The van der Waals surface area contributed by atoms with Gasteiger partial charge in [-0.3, -0.25) is 9.59 Å². The molecular formula is C26H28N4O3. The third-order valence-electron chi connectivity index (χ3n) is 5.90. The molecule has 2 amide bonds. The summed E-state index contributed by atoms with van der Waals surface area (Å²) >= 11 is 0. The van der Waals surface area contributed by atoms with Gasteiger partial charge in [0.25, 0.3) is 0 Å². The molecule has 1 aliphatic heterocycles. The number of nitrogens with one attached hydrogen (secondary N) is 1. The minimum atomic E-state index is -0.101. The first-order valence-electron chi connectivity index (χ1n) is 11.3. The van der Waals surface area contributed by atoms with Crippen LogP contribution < -0.4 is 10.1 Å². The van der Waals surface area contributed by atoms with Crippen molar-refractivity contribution in [2.45, 2.75) is 32.6 Å². The molecule has 2 aromatic carbocycles. The molecule has 0 unspecified atom stereocenters. The van der Waals surface area contributed by atoms with Crippen molar-refractivity contribution in [1.82, 2.24) is 14.9 Å². The van der Waals surface area contributed by atoms with Crippen LogP contribution in [0.2, 0.25) is 0 Å². The van der Waals surface area contributed by atoms with E-state index in [0.29, 0.717) is 38.1 Å². The molecule has 0 aliphatic carbocycles. The summed E-state index contributed by atoms with van der Waals surface area (Å²) in [4.78, 5) is 35.4. The summed E-state index contributed by atoms with van der Waals surface area (Å²) in [5.74, 6) is 0.663. The van der Waals surface area contributed by atoms with E-state index in [1.807, 2.05) is 54.3 Å². The highest BCUT2D eigenvalue weighted by Gasteiger charge is 2.27. The Labute approximate surface area is 193 Å². The fourth-order valence-corrected chi connectivity index (χ4v) is 3.96. The second-order valence-electron chi connectivity index (χ2n) is 8.24. The summed E-state index contributed by atoms with van der Waals surface area (Å²) in [6.45, 7) is 3.16. The molecule has 2 heterocycles. The molecule has 0 bridgehead atoms. The molecule has 33 heavy (non-hydrogen) atoms. The Balaban J connectivity index is 1.25. The minimum Gasteiger partial charge on any atom is -0.424 e. The van der Waals surface area contributed by atoms with E-state index in [9.17, 15) is 9.59 Å². The highest BCUT2D eigenvalue weighted by Crippen LogP contribution is 2.26. The van der Waals surface area contributed by atoms with E-state index in [1.54, 1.807) is 24.5 Å². The van der Waals surface area contributed by atoms with E-state index in [1.165, 1.54) is 5.56 Å². The molecule has 4 rings (SSSR count). The molecule has 0 atom stereocenters. The average Bonchev–Trinajstić information content (AvgIpc) is 2.85. The number of aryl methyl sites for hydroxylation is 2. The quantitative estimate of drug-likeness (QED) is 0.584. The molecule has 1 N–H and O–H groups in total. The molecule has 7 nitrogen and oxygen atoms in total. The van der Waals surface area contributed by atoms with Crippen molar-refractivity contribution in [3.63, 3.8) is 0 Å². The van der Waals surface area contributed by atoms with Crippen LogP contribution in [0.4, 0.5) is 5.69 Å². The third-order valence-corrected chi connectivity index (χ3v) is 5.90. The Kier molecular flexibility index (Phi) is 7.29. The van der Waals surface area contributed by atoms with E-state index in [4.69, 9.17) is 4.74 Å². The number of carbonyl (C=O) groups excluding carboxylic acids is 2. The zero-order valence-electron chi connectivity index (χ0n) is 18.7. The maximum atomic E-state index is 12.8. The summed E-state index contributed by atoms with van der Waals surface area (Å²) in [6.07, 6.45) is 5.83. The van der Waals surface area contributed by atoms with Gasteiger partial charge in [0.15, 0.2) is 0 Å². The molecule has 0 saturated carbocycles. The van der Waals surface area contributed by atoms with E-state index >= 15 is 0 Å². The van der Waals surface area contributed by atoms with Gasteiger partial charge < -0.3 is 15.0 Å². The van der Waals surface area contributed by atoms with Crippen LogP contribution in [0.5, 0.6) is 11.8 Å². The lowest BCUT2D eigenvalue weighted by molar-refractivity contribution is -0.134. The first-order valence-corrected chi connectivity index (χ1v) is 11.3. The van der Waals surface area contributed by atoms with Gasteiger partial charge in [-0.2, -0.15) is 0 Å². The number of benzene rings is 2. The number of likely N-dealkylation sites (tertiary alicyclic amines) is 1. The predicted octanol–water partition coefficient (Wildman–Crippen LogP) is 4.39. The van der Waals surface area contributed by atoms with E-state index in [-0.39, 0.29) is 23.7 Å². The Morgan fingerprint density at radius 3 is 2.45 bits per heavy atom. The smallest absolute Gasteiger partial charge is 0.321 e. The Morgan fingerprint density at radius 2 is 1.76 bits per heavy atom. The zero-order valence-corrected chi connectivity index (χ0v) is 18.7. The lowest BCUT2D eigenvalue weighted by atomic mass is 9.95. The maximum absolute atomic E-state index is 12.8. The van der Waals surface area contributed by atoms with Crippen LogP contribution in [0.1, 0.15) is 30.4 Å². The average molecular weight is 445 g/mol. The van der Waals surface area contributed by atoms with Crippen LogP contribution in [0, 0.1) is 12.8 Å². The standard InChI is InChI=1S/C26H28N4O3/c1-19-18-22(33-26-27-14-5-15-28-26)9-10-23(19)29-25(32)21-12-16-30(17-13-21)24(31)11-8-20-6-3-2-4-7-20/h2-7,9-10,14-15,18,21H,8,11-13,16-17H2,1H3,(H,29,32). The lowest BCUT2D eigenvalue weighted by Gasteiger charge is -2.31. The number of ether oxygens (including phenoxy) is 1. The number of hydrogen-bond donors (Lipinski definition) is 1. The fraction of sp³-hybridized carbons (Fsp3) is 0.308. The molecule has 0 spiro atoms. The molecule has 1 aliphatic rings. The lowest BCUT2D eigenvalue weighted by Crippen LogP contribution is -2.41. The van der Waals surface area contributed by atoms with Crippen LogP contribution in [-0.4, -0.2) is 39.8 Å². The van der Waals surface area contributed by atoms with Gasteiger partial charge in [-0.05, 0) is 61.6 Å². The Morgan fingerprint density at radius 1 is 1.03 bits per heavy atom. The van der Waals surface area contributed by atoms with E-state index < -0.39 is 0 Å². The monoisotopic (exact) mass is 444 g/mol. The van der Waals surface area contributed by atoms with Crippen molar-refractivity contribution in [2.24, 2.45) is 5.92 Å². The van der Waals surface area contributed by atoms with Gasteiger partial charge in [-0.15, -0.1) is 0 Å². The highest BCUT2D eigenvalue weighted by atomic mass is 16.5. The highest BCUT2D eigenvalue weighted by molar-refractivity contribution is 5.93. The van der Waals surface area contributed by atoms with E-state index in [2.05, 4.69) is 15.3 Å². The van der Waals surface area contributed by atoms with Gasteiger partial charge in [-0.25, -0.2) is 9.97 Å². The number of rotatable bonds is 7. The number of piperidine rings is 1. The molecule has 1 aromatic heterocycles. The first-order chi connectivity index (χ1) is 16.1. The zero-order chi connectivity index (χ0) is 23.0. The molecular weight excluding hydrogens is 416 g/mol. The third kappa shape index (κ3) is 6.16. The minimum absolute atomic E-state index is 0.00505. The summed E-state index contributed by atoms with van der Waals surface area (Å²) in [5, 5.41) is 3.03. The normalized spacial score (nSPS) is 14.0. The molecule has 1 saturated heterocycles. The van der Waals surface area contributed by atoms with Crippen LogP contribution in [0.3, 0.4) is 0 Å². The van der Waals surface area contributed by atoms with Gasteiger partial charge in [0.05, 0.1) is 0 Å². The van der Waals surface area contributed by atoms with Gasteiger partial charge in [0, 0.05) is 43.5 Å². The predicted molar refractivity (Wildman–Crippen MR) is 126 cm³/mol. The number of amides is 2. The van der Waals surface area contributed by atoms with Crippen LogP contribution in [-0.2, 0) is 16.0 Å². The Hall–Kier alpha value is -3.74. The molecule has 0 radical (unpaired) electrons. The van der Waals surface area contributed by atoms with Crippen molar-refractivity contribution in [3.8, 4) is 11.8 Å². The molecule has 1 fully saturated rings. The number of aromatic nitrogens is 2. The fourth-order valence-electron chi connectivity index (χ4n) is 3.96. The molecule has 170 valence electrons.